The van der Waals surface area contributed by atoms with Gasteiger partial charge in [-0.15, -0.1) is 11.3 Å². The molecule has 2 heterocycles. The third kappa shape index (κ3) is 5.77. The summed E-state index contributed by atoms with van der Waals surface area (Å²) in [7, 11) is 0. The summed E-state index contributed by atoms with van der Waals surface area (Å²) < 4.78 is 40.6. The number of rotatable bonds is 5. The molecule has 1 aromatic heterocycles. The summed E-state index contributed by atoms with van der Waals surface area (Å²) in [6.45, 7) is 0.0476. The minimum Gasteiger partial charge on any atom is -0.363 e. The average molecular weight is 578 g/mol. The van der Waals surface area contributed by atoms with Gasteiger partial charge in [-0.2, -0.15) is 13.2 Å². The largest absolute Gasteiger partial charge is 0.416 e. The van der Waals surface area contributed by atoms with Gasteiger partial charge < -0.3 is 15.5 Å². The molecule has 2 amide bonds. The molecule has 1 aliphatic carbocycles. The average Bonchev–Trinajstić information content (AvgIpc) is 3.35. The van der Waals surface area contributed by atoms with E-state index in [1.165, 1.54) is 22.3 Å². The quantitative estimate of drug-likeness (QED) is 0.392. The highest BCUT2D eigenvalue weighted by Gasteiger charge is 2.43. The molecular weight excluding hydrogens is 551 g/mol. The molecule has 3 aromatic rings. The lowest BCUT2D eigenvalue weighted by Gasteiger charge is -2.39. The summed E-state index contributed by atoms with van der Waals surface area (Å²) in [4.78, 5) is 41.9. The Kier molecular flexibility index (Phi) is 7.61. The second-order valence-corrected chi connectivity index (χ2v) is 11.6. The molecule has 2 aromatic carbocycles. The first-order chi connectivity index (χ1) is 18.6. The molecule has 1 aliphatic heterocycles. The first kappa shape index (κ1) is 27.5. The van der Waals surface area contributed by atoms with E-state index >= 15 is 0 Å². The first-order valence-corrected chi connectivity index (χ1v) is 14.0. The van der Waals surface area contributed by atoms with Gasteiger partial charge in [-0.1, -0.05) is 49.1 Å². The van der Waals surface area contributed by atoms with Gasteiger partial charge in [0.1, 0.15) is 5.54 Å². The van der Waals surface area contributed by atoms with Crippen molar-refractivity contribution < 1.29 is 27.6 Å². The Morgan fingerprint density at radius 2 is 1.79 bits per heavy atom. The molecule has 11 heteroatoms. The number of carbonyl (C=O) groups excluding carboxylic acids is 3. The number of nitrogens with zero attached hydrogens (tertiary/aromatic N) is 1. The summed E-state index contributed by atoms with van der Waals surface area (Å²) in [5.41, 5.74) is -1.85. The molecule has 1 unspecified atom stereocenters. The normalized spacial score (nSPS) is 19.6. The van der Waals surface area contributed by atoms with Crippen LogP contribution in [0, 0.1) is 0 Å². The number of fused-ring (bicyclic) bond motifs is 1. The number of piperidine rings is 1. The molecule has 2 aliphatic rings. The maximum Gasteiger partial charge on any atom is 0.416 e. The van der Waals surface area contributed by atoms with Crippen molar-refractivity contribution in [2.24, 2.45) is 0 Å². The summed E-state index contributed by atoms with van der Waals surface area (Å²) in [6, 6.07) is 11.7. The predicted molar refractivity (Wildman–Crippen MR) is 145 cm³/mol. The summed E-state index contributed by atoms with van der Waals surface area (Å²) in [6.07, 6.45) is -0.934. The Morgan fingerprint density at radius 3 is 2.49 bits per heavy atom. The lowest BCUT2D eigenvalue weighted by Crippen LogP contribution is -2.63. The van der Waals surface area contributed by atoms with Gasteiger partial charge >= 0.3 is 6.18 Å². The van der Waals surface area contributed by atoms with Crippen LogP contribution in [0.4, 0.5) is 18.9 Å². The third-order valence-electron chi connectivity index (χ3n) is 7.49. The second kappa shape index (κ2) is 10.8. The highest BCUT2D eigenvalue weighted by Crippen LogP contribution is 2.36. The number of alkyl halides is 3. The smallest absolute Gasteiger partial charge is 0.363 e. The van der Waals surface area contributed by atoms with E-state index in [9.17, 15) is 27.6 Å². The Labute approximate surface area is 232 Å². The number of ketones is 1. The molecule has 0 bridgehead atoms. The van der Waals surface area contributed by atoms with Crippen LogP contribution in [0.25, 0.3) is 10.1 Å². The summed E-state index contributed by atoms with van der Waals surface area (Å²) >= 11 is 7.52. The second-order valence-electron chi connectivity index (χ2n) is 10.1. The SMILES string of the molecule is O=C(NC1(C(=O)NC2CCN(c3cc(C(F)(F)F)ccc3Cl)CC2=O)CCCCC1)c1cc2ccccc2s1. The number of anilines is 1. The van der Waals surface area contributed by atoms with E-state index in [-0.39, 0.29) is 41.9 Å². The van der Waals surface area contributed by atoms with Gasteiger partial charge in [-0.3, -0.25) is 14.4 Å². The monoisotopic (exact) mass is 577 g/mol. The summed E-state index contributed by atoms with van der Waals surface area (Å²) in [5, 5.41) is 6.90. The fourth-order valence-corrected chi connectivity index (χ4v) is 6.54. The molecule has 2 fully saturated rings. The van der Waals surface area contributed by atoms with Crippen LogP contribution in [-0.2, 0) is 15.8 Å². The van der Waals surface area contributed by atoms with Crippen LogP contribution >= 0.6 is 22.9 Å². The van der Waals surface area contributed by atoms with Crippen molar-refractivity contribution in [1.29, 1.82) is 0 Å². The van der Waals surface area contributed by atoms with E-state index in [4.69, 9.17) is 11.6 Å². The zero-order valence-electron chi connectivity index (χ0n) is 20.9. The number of hydrogen-bond acceptors (Lipinski definition) is 5. The van der Waals surface area contributed by atoms with Gasteiger partial charge in [0, 0.05) is 11.2 Å². The predicted octanol–water partition coefficient (Wildman–Crippen LogP) is 5.97. The van der Waals surface area contributed by atoms with Crippen molar-refractivity contribution in [2.45, 2.75) is 56.3 Å². The Hall–Kier alpha value is -3.11. The van der Waals surface area contributed by atoms with E-state index in [1.54, 1.807) is 0 Å². The highest BCUT2D eigenvalue weighted by molar-refractivity contribution is 7.20. The molecule has 0 radical (unpaired) electrons. The van der Waals surface area contributed by atoms with Crippen LogP contribution < -0.4 is 15.5 Å². The summed E-state index contributed by atoms with van der Waals surface area (Å²) in [5.74, 6) is -1.06. The number of Topliss-reactive ketones (excluding diaryl/α,β-unsaturated/α-hetero) is 1. The van der Waals surface area contributed by atoms with Gasteiger partial charge in [-0.05, 0) is 55.0 Å². The lowest BCUT2D eigenvalue weighted by atomic mass is 9.80. The van der Waals surface area contributed by atoms with Crippen molar-refractivity contribution in [3.05, 3.63) is 64.0 Å². The number of amides is 2. The van der Waals surface area contributed by atoms with Crippen LogP contribution in [0.5, 0.6) is 0 Å². The van der Waals surface area contributed by atoms with Gasteiger partial charge in [0.2, 0.25) is 5.91 Å². The Balaban J connectivity index is 1.28. The van der Waals surface area contributed by atoms with Gasteiger partial charge in [-0.25, -0.2) is 0 Å². The molecule has 39 heavy (non-hydrogen) atoms. The van der Waals surface area contributed by atoms with Crippen molar-refractivity contribution in [3.63, 3.8) is 0 Å². The molecule has 1 saturated heterocycles. The fraction of sp³-hybridized carbons (Fsp3) is 0.393. The third-order valence-corrected chi connectivity index (χ3v) is 8.92. The van der Waals surface area contributed by atoms with E-state index in [1.807, 2.05) is 30.3 Å². The Bertz CT molecular complexity index is 1380. The number of thiophene rings is 1. The van der Waals surface area contributed by atoms with Gasteiger partial charge in [0.15, 0.2) is 5.78 Å². The minimum absolute atomic E-state index is 0.114. The van der Waals surface area contributed by atoms with Crippen molar-refractivity contribution >= 4 is 56.3 Å². The van der Waals surface area contributed by atoms with Gasteiger partial charge in [0.05, 0.1) is 33.7 Å². The number of halogens is 4. The van der Waals surface area contributed by atoms with Crippen molar-refractivity contribution in [2.75, 3.05) is 18.0 Å². The zero-order chi connectivity index (χ0) is 27.8. The van der Waals surface area contributed by atoms with Crippen LogP contribution in [0.3, 0.4) is 0 Å². The molecule has 6 nitrogen and oxygen atoms in total. The number of carbonyl (C=O) groups is 3. The molecule has 5 rings (SSSR count). The maximum absolute atomic E-state index is 13.6. The van der Waals surface area contributed by atoms with E-state index in [0.717, 1.165) is 41.5 Å². The lowest BCUT2D eigenvalue weighted by molar-refractivity contribution is -0.137. The van der Waals surface area contributed by atoms with Crippen molar-refractivity contribution in [1.82, 2.24) is 10.6 Å². The van der Waals surface area contributed by atoms with Crippen LogP contribution in [0.15, 0.2) is 48.5 Å². The minimum atomic E-state index is -4.54. The molecular formula is C28H27ClF3N3O3S. The molecule has 0 spiro atoms. The maximum atomic E-state index is 13.6. The standard InChI is InChI=1S/C28H27ClF3N3O3S/c29-19-9-8-18(28(30,31)32)15-21(19)35-13-10-20(22(36)16-35)33-26(38)27(11-4-1-5-12-27)34-25(37)24-14-17-6-2-3-7-23(17)39-24/h2-3,6-9,14-15,20H,1,4-5,10-13,16H2,(H,33,38)(H,34,37). The highest BCUT2D eigenvalue weighted by atomic mass is 35.5. The van der Waals surface area contributed by atoms with Crippen LogP contribution in [-0.4, -0.2) is 42.3 Å². The zero-order valence-corrected chi connectivity index (χ0v) is 22.5. The number of nitrogens with one attached hydrogen (secondary N) is 2. The Morgan fingerprint density at radius 1 is 1.05 bits per heavy atom. The molecule has 1 saturated carbocycles. The molecule has 1 atom stereocenters. The van der Waals surface area contributed by atoms with E-state index in [0.29, 0.717) is 17.7 Å². The van der Waals surface area contributed by atoms with E-state index < -0.39 is 29.2 Å². The van der Waals surface area contributed by atoms with E-state index in [2.05, 4.69) is 10.6 Å². The molecule has 2 N–H and O–H groups in total. The number of benzene rings is 2. The fourth-order valence-electron chi connectivity index (χ4n) is 5.35. The number of hydrogen-bond donors (Lipinski definition) is 2. The first-order valence-electron chi connectivity index (χ1n) is 12.8. The molecule has 206 valence electrons. The van der Waals surface area contributed by atoms with Crippen LogP contribution in [0.2, 0.25) is 5.02 Å². The topological polar surface area (TPSA) is 78.5 Å². The van der Waals surface area contributed by atoms with Crippen molar-refractivity contribution in [3.8, 4) is 0 Å². The van der Waals surface area contributed by atoms with Crippen LogP contribution in [0.1, 0.15) is 53.8 Å². The van der Waals surface area contributed by atoms with Gasteiger partial charge in [0.25, 0.3) is 5.91 Å².